The number of hydrogen-bond donors (Lipinski definition) is 3. The van der Waals surface area contributed by atoms with Crippen molar-refractivity contribution in [2.45, 2.75) is 70.4 Å². The Bertz CT molecular complexity index is 1450. The molecule has 232 valence electrons. The zero-order valence-corrected chi connectivity index (χ0v) is 24.9. The number of nitrogen functional groups attached to an aromatic ring is 1. The topological polar surface area (TPSA) is 134 Å². The van der Waals surface area contributed by atoms with Gasteiger partial charge in [0.1, 0.15) is 17.4 Å². The molecule has 1 heterocycles. The van der Waals surface area contributed by atoms with Gasteiger partial charge in [-0.15, -0.1) is 12.4 Å². The summed E-state index contributed by atoms with van der Waals surface area (Å²) in [7, 11) is 0. The van der Waals surface area contributed by atoms with Gasteiger partial charge in [-0.25, -0.2) is 4.98 Å². The van der Waals surface area contributed by atoms with Gasteiger partial charge in [-0.1, -0.05) is 48.5 Å². The summed E-state index contributed by atoms with van der Waals surface area (Å²) in [5.74, 6) is -1.51. The first-order valence-corrected chi connectivity index (χ1v) is 13.6. The van der Waals surface area contributed by atoms with Crippen LogP contribution in [0.1, 0.15) is 63.8 Å². The van der Waals surface area contributed by atoms with Gasteiger partial charge in [-0.3, -0.25) is 4.79 Å². The van der Waals surface area contributed by atoms with Crippen LogP contribution in [0, 0.1) is 5.92 Å². The van der Waals surface area contributed by atoms with Crippen LogP contribution in [-0.4, -0.2) is 38.9 Å². The van der Waals surface area contributed by atoms with E-state index in [1.165, 1.54) is 12.1 Å². The van der Waals surface area contributed by atoms with Crippen LogP contribution in [0.4, 0.5) is 19.1 Å². The average Bonchev–Trinajstić information content (AvgIpc) is 2.91. The highest BCUT2D eigenvalue weighted by molar-refractivity contribution is 5.85. The predicted octanol–water partition coefficient (Wildman–Crippen LogP) is 6.99. The third-order valence-electron chi connectivity index (χ3n) is 6.83. The molecule has 1 aliphatic rings. The van der Waals surface area contributed by atoms with Gasteiger partial charge in [-0.05, 0) is 75.1 Å². The van der Waals surface area contributed by atoms with Crippen molar-refractivity contribution in [3.8, 4) is 22.8 Å². The number of benzene rings is 2. The molecular formula is C31H36ClF3N4O4. The number of alkyl halides is 3. The molecule has 2 aromatic carbocycles. The van der Waals surface area contributed by atoms with Crippen LogP contribution in [0.15, 0.2) is 60.7 Å². The Morgan fingerprint density at radius 3 is 2.35 bits per heavy atom. The molecule has 0 amide bonds. The van der Waals surface area contributed by atoms with Crippen LogP contribution < -0.4 is 20.9 Å². The van der Waals surface area contributed by atoms with Gasteiger partial charge in [-0.2, -0.15) is 18.2 Å². The van der Waals surface area contributed by atoms with Gasteiger partial charge in [0.15, 0.2) is 0 Å². The predicted molar refractivity (Wildman–Crippen MR) is 161 cm³/mol. The number of allylic oxidation sites excluding steroid dienone is 2. The molecule has 5 N–H and O–H groups in total. The van der Waals surface area contributed by atoms with Crippen molar-refractivity contribution in [2.24, 2.45) is 11.7 Å². The third kappa shape index (κ3) is 9.08. The van der Waals surface area contributed by atoms with Gasteiger partial charge in [0.25, 0.3) is 0 Å². The fraction of sp³-hybridized carbons (Fsp3) is 0.387. The average molecular weight is 621 g/mol. The highest BCUT2D eigenvalue weighted by atomic mass is 35.5. The van der Waals surface area contributed by atoms with E-state index in [0.717, 1.165) is 11.1 Å². The number of nitrogens with zero attached hydrogens (tertiary/aromatic N) is 2. The zero-order chi connectivity index (χ0) is 30.7. The lowest BCUT2D eigenvalue weighted by Gasteiger charge is -2.28. The molecule has 3 aromatic rings. The summed E-state index contributed by atoms with van der Waals surface area (Å²) in [4.78, 5) is 19.3. The molecule has 3 atom stereocenters. The van der Waals surface area contributed by atoms with Crippen LogP contribution >= 0.6 is 12.4 Å². The number of ether oxygens (including phenoxy) is 2. The lowest BCUT2D eigenvalue weighted by molar-refractivity contribution is -0.199. The maximum Gasteiger partial charge on any atom is 0.429 e. The minimum atomic E-state index is -4.82. The molecule has 0 saturated heterocycles. The molecule has 0 bridgehead atoms. The van der Waals surface area contributed by atoms with E-state index >= 15 is 0 Å². The third-order valence-corrected chi connectivity index (χ3v) is 6.83. The van der Waals surface area contributed by atoms with E-state index in [9.17, 15) is 18.0 Å². The Labute approximate surface area is 254 Å². The molecule has 43 heavy (non-hydrogen) atoms. The lowest BCUT2D eigenvalue weighted by Crippen LogP contribution is -2.32. The van der Waals surface area contributed by atoms with Gasteiger partial charge in [0.2, 0.25) is 17.9 Å². The van der Waals surface area contributed by atoms with Crippen molar-refractivity contribution >= 4 is 29.9 Å². The number of anilines is 1. The molecule has 1 aliphatic carbocycles. The number of hydrogen-bond acceptors (Lipinski definition) is 7. The number of nitrogens with two attached hydrogens (primary N) is 2. The molecule has 0 radical (unpaired) electrons. The van der Waals surface area contributed by atoms with Crippen molar-refractivity contribution in [1.82, 2.24) is 9.97 Å². The highest BCUT2D eigenvalue weighted by Gasteiger charge is 2.45. The van der Waals surface area contributed by atoms with E-state index in [1.54, 1.807) is 32.9 Å². The summed E-state index contributed by atoms with van der Waals surface area (Å²) in [6.45, 7) is 5.26. The largest absolute Gasteiger partial charge is 0.488 e. The van der Waals surface area contributed by atoms with E-state index in [-0.39, 0.29) is 41.5 Å². The molecule has 4 rings (SSSR count). The Morgan fingerprint density at radius 1 is 1.07 bits per heavy atom. The number of halogens is 4. The van der Waals surface area contributed by atoms with E-state index in [1.807, 2.05) is 36.4 Å². The second-order valence-corrected chi connectivity index (χ2v) is 11.4. The smallest absolute Gasteiger partial charge is 0.429 e. The van der Waals surface area contributed by atoms with E-state index in [0.29, 0.717) is 36.9 Å². The van der Waals surface area contributed by atoms with Crippen molar-refractivity contribution < 1.29 is 32.5 Å². The first kappa shape index (κ1) is 33.7. The quantitative estimate of drug-likeness (QED) is 0.233. The second-order valence-electron chi connectivity index (χ2n) is 11.4. The molecule has 1 aromatic heterocycles. The minimum absolute atomic E-state index is 0. The van der Waals surface area contributed by atoms with Crippen molar-refractivity contribution in [3.63, 3.8) is 0 Å². The Balaban J connectivity index is 0.00000506. The minimum Gasteiger partial charge on any atom is -0.488 e. The molecule has 8 nitrogen and oxygen atoms in total. The number of carboxylic acids is 1. The maximum atomic E-state index is 14.6. The number of carbonyl (C=O) groups is 1. The number of carboxylic acid groups (broad SMARTS) is 1. The van der Waals surface area contributed by atoms with Crippen molar-refractivity contribution in [2.75, 3.05) is 5.73 Å². The summed E-state index contributed by atoms with van der Waals surface area (Å²) < 4.78 is 55.3. The highest BCUT2D eigenvalue weighted by Crippen LogP contribution is 2.43. The molecule has 0 spiro atoms. The fourth-order valence-corrected chi connectivity index (χ4v) is 4.87. The lowest BCUT2D eigenvalue weighted by atomic mass is 9.84. The van der Waals surface area contributed by atoms with Gasteiger partial charge in [0.05, 0.1) is 5.69 Å². The SMILES string of the molecule is CC(C)(C)Oc1cc(-c2ccccc2)ccc1[C@@H](Oc1cc(C2=CCC(C[C@H](N)C(=O)O)CC2)nc(N)n1)C(F)(F)F.Cl. The standard InChI is InChI=1S/C31H35F3N4O4.ClH/c1-30(2,3)42-25-16-21(19-7-5-4-6-8-19)13-14-22(25)27(31(32,33)34)41-26-17-24(37-29(36)38-26)20-11-9-18(10-12-20)15-23(35)28(39)40;/h4-8,11,13-14,16-18,23,27H,9-10,12,15,35H2,1-3H3,(H,39,40)(H2,36,37,38);1H/t18?,23-,27+;/m0./s1. The zero-order valence-electron chi connectivity index (χ0n) is 24.1. The molecule has 0 fully saturated rings. The summed E-state index contributed by atoms with van der Waals surface area (Å²) in [6, 6.07) is 14.2. The van der Waals surface area contributed by atoms with E-state index < -0.39 is 29.9 Å². The molecule has 1 unspecified atom stereocenters. The van der Waals surface area contributed by atoms with E-state index in [2.05, 4.69) is 9.97 Å². The first-order chi connectivity index (χ1) is 19.7. The van der Waals surface area contributed by atoms with Gasteiger partial charge in [0, 0.05) is 11.6 Å². The second kappa shape index (κ2) is 13.6. The summed E-state index contributed by atoms with van der Waals surface area (Å²) in [5.41, 5.74) is 13.2. The normalized spacial score (nSPS) is 16.8. The van der Waals surface area contributed by atoms with Crippen LogP contribution in [0.5, 0.6) is 11.6 Å². The van der Waals surface area contributed by atoms with Crippen LogP contribution in [0.25, 0.3) is 16.7 Å². The Hall–Kier alpha value is -3.83. The maximum absolute atomic E-state index is 14.6. The first-order valence-electron chi connectivity index (χ1n) is 13.6. The number of rotatable bonds is 9. The molecule has 0 saturated carbocycles. The summed E-state index contributed by atoms with van der Waals surface area (Å²) in [6.07, 6.45) is -3.27. The Morgan fingerprint density at radius 2 is 1.77 bits per heavy atom. The van der Waals surface area contributed by atoms with Crippen LogP contribution in [0.3, 0.4) is 0 Å². The molecular weight excluding hydrogens is 585 g/mol. The van der Waals surface area contributed by atoms with Gasteiger partial charge >= 0.3 is 12.1 Å². The van der Waals surface area contributed by atoms with Gasteiger partial charge < -0.3 is 26.0 Å². The molecule has 12 heteroatoms. The van der Waals surface area contributed by atoms with Crippen molar-refractivity contribution in [3.05, 3.63) is 71.9 Å². The van der Waals surface area contributed by atoms with Crippen molar-refractivity contribution in [1.29, 1.82) is 0 Å². The Kier molecular flexibility index (Phi) is 10.7. The van der Waals surface area contributed by atoms with Crippen LogP contribution in [0.2, 0.25) is 0 Å². The van der Waals surface area contributed by atoms with E-state index in [4.69, 9.17) is 26.0 Å². The monoisotopic (exact) mass is 620 g/mol. The number of aliphatic carboxylic acids is 1. The summed E-state index contributed by atoms with van der Waals surface area (Å²) >= 11 is 0. The molecule has 0 aliphatic heterocycles. The fourth-order valence-electron chi connectivity index (χ4n) is 4.87. The summed E-state index contributed by atoms with van der Waals surface area (Å²) in [5, 5.41) is 9.08. The van der Waals surface area contributed by atoms with Crippen LogP contribution in [-0.2, 0) is 4.79 Å². The number of aromatic nitrogens is 2.